The van der Waals surface area contributed by atoms with Crippen molar-refractivity contribution in [2.45, 2.75) is 0 Å². The summed E-state index contributed by atoms with van der Waals surface area (Å²) >= 11 is 0. The largest absolute Gasteiger partial charge is 0.461 e. The molecule has 0 unspecified atom stereocenters. The Hall–Kier alpha value is -2.04. The maximum absolute atomic E-state index is 11.5. The van der Waals surface area contributed by atoms with Crippen LogP contribution in [0.5, 0.6) is 0 Å². The lowest BCUT2D eigenvalue weighted by Gasteiger charge is -2.05. The van der Waals surface area contributed by atoms with Crippen LogP contribution in [0.15, 0.2) is 33.4 Å². The van der Waals surface area contributed by atoms with E-state index in [1.54, 1.807) is 32.3 Å². The van der Waals surface area contributed by atoms with Gasteiger partial charge in [0.25, 0.3) is 5.91 Å². The molecule has 15 heavy (non-hydrogen) atoms. The third-order valence-electron chi connectivity index (χ3n) is 1.90. The normalized spacial score (nSPS) is 10.3. The van der Waals surface area contributed by atoms with Crippen LogP contribution in [0, 0.1) is 0 Å². The molecular weight excluding hydrogens is 196 g/mol. The number of rotatable bonds is 2. The van der Waals surface area contributed by atoms with Crippen molar-refractivity contribution in [3.63, 3.8) is 0 Å². The molecule has 5 heteroatoms. The molecule has 5 nitrogen and oxygen atoms in total. The van der Waals surface area contributed by atoms with Crippen LogP contribution < -0.4 is 0 Å². The quantitative estimate of drug-likeness (QED) is 0.749. The average Bonchev–Trinajstić information content (AvgIpc) is 2.86. The summed E-state index contributed by atoms with van der Waals surface area (Å²) < 4.78 is 10.1. The van der Waals surface area contributed by atoms with Crippen molar-refractivity contribution in [2.75, 3.05) is 14.1 Å². The van der Waals surface area contributed by atoms with E-state index < -0.39 is 0 Å². The molecule has 0 radical (unpaired) electrons. The molecule has 0 aliphatic heterocycles. The second kappa shape index (κ2) is 3.61. The predicted octanol–water partition coefficient (Wildman–Crippen LogP) is 1.64. The Morgan fingerprint density at radius 3 is 2.80 bits per heavy atom. The van der Waals surface area contributed by atoms with Gasteiger partial charge in [-0.1, -0.05) is 5.16 Å². The molecule has 0 spiro atoms. The molecule has 78 valence electrons. The molecule has 0 aliphatic rings. The molecule has 0 aliphatic carbocycles. The maximum Gasteiger partial charge on any atom is 0.275 e. The van der Waals surface area contributed by atoms with E-state index in [1.807, 2.05) is 0 Å². The van der Waals surface area contributed by atoms with Crippen molar-refractivity contribution in [3.05, 3.63) is 30.2 Å². The van der Waals surface area contributed by atoms with E-state index >= 15 is 0 Å². The van der Waals surface area contributed by atoms with Gasteiger partial charge in [-0.25, -0.2) is 0 Å². The van der Waals surface area contributed by atoms with Gasteiger partial charge < -0.3 is 13.8 Å². The lowest BCUT2D eigenvalue weighted by Crippen LogP contribution is -2.21. The number of carbonyl (C=O) groups is 1. The summed E-state index contributed by atoms with van der Waals surface area (Å²) in [5.74, 6) is 0.807. The Kier molecular flexibility index (Phi) is 2.29. The highest BCUT2D eigenvalue weighted by atomic mass is 16.5. The average molecular weight is 206 g/mol. The van der Waals surface area contributed by atoms with Crippen LogP contribution in [0.4, 0.5) is 0 Å². The number of carbonyl (C=O) groups excluding carboxylic acids is 1. The van der Waals surface area contributed by atoms with Crippen molar-refractivity contribution >= 4 is 5.91 Å². The number of hydrogen-bond acceptors (Lipinski definition) is 4. The zero-order chi connectivity index (χ0) is 10.8. The van der Waals surface area contributed by atoms with Gasteiger partial charge in [0.1, 0.15) is 0 Å². The van der Waals surface area contributed by atoms with E-state index in [0.717, 1.165) is 0 Å². The minimum Gasteiger partial charge on any atom is -0.461 e. The van der Waals surface area contributed by atoms with Crippen molar-refractivity contribution in [1.29, 1.82) is 0 Å². The van der Waals surface area contributed by atoms with Crippen molar-refractivity contribution < 1.29 is 13.7 Å². The zero-order valence-corrected chi connectivity index (χ0v) is 8.43. The van der Waals surface area contributed by atoms with Crippen molar-refractivity contribution in [3.8, 4) is 11.5 Å². The van der Waals surface area contributed by atoms with Gasteiger partial charge in [-0.3, -0.25) is 4.79 Å². The highest BCUT2D eigenvalue weighted by Crippen LogP contribution is 2.20. The third kappa shape index (κ3) is 1.76. The molecule has 0 atom stereocenters. The summed E-state index contributed by atoms with van der Waals surface area (Å²) in [5, 5.41) is 3.67. The summed E-state index contributed by atoms with van der Waals surface area (Å²) in [6.45, 7) is 0. The highest BCUT2D eigenvalue weighted by molar-refractivity contribution is 5.92. The molecule has 2 heterocycles. The minimum absolute atomic E-state index is 0.198. The number of amides is 1. The van der Waals surface area contributed by atoms with Crippen LogP contribution in [0.3, 0.4) is 0 Å². The monoisotopic (exact) mass is 206 g/mol. The van der Waals surface area contributed by atoms with E-state index in [4.69, 9.17) is 8.94 Å². The second-order valence-corrected chi connectivity index (χ2v) is 3.25. The van der Waals surface area contributed by atoms with Crippen molar-refractivity contribution in [1.82, 2.24) is 10.1 Å². The van der Waals surface area contributed by atoms with E-state index in [1.165, 1.54) is 11.2 Å². The summed E-state index contributed by atoms with van der Waals surface area (Å²) in [6.07, 6.45) is 1.53. The molecule has 0 saturated carbocycles. The van der Waals surface area contributed by atoms with Crippen LogP contribution in [-0.4, -0.2) is 30.1 Å². The van der Waals surface area contributed by atoms with Gasteiger partial charge in [0.05, 0.1) is 6.26 Å². The number of aromatic nitrogens is 1. The Bertz CT molecular complexity index is 457. The minimum atomic E-state index is -0.198. The van der Waals surface area contributed by atoms with Crippen LogP contribution >= 0.6 is 0 Å². The molecule has 0 N–H and O–H groups in total. The maximum atomic E-state index is 11.5. The van der Waals surface area contributed by atoms with E-state index in [0.29, 0.717) is 11.5 Å². The second-order valence-electron chi connectivity index (χ2n) is 3.25. The lowest BCUT2D eigenvalue weighted by atomic mass is 10.3. The van der Waals surface area contributed by atoms with E-state index in [2.05, 4.69) is 5.16 Å². The third-order valence-corrected chi connectivity index (χ3v) is 1.90. The van der Waals surface area contributed by atoms with Crippen LogP contribution in [0.25, 0.3) is 11.5 Å². The number of furan rings is 1. The SMILES string of the molecule is CN(C)C(=O)c1cc(-c2ccco2)on1. The first kappa shape index (κ1) is 9.51. The summed E-state index contributed by atoms with van der Waals surface area (Å²) in [4.78, 5) is 12.9. The fourth-order valence-electron chi connectivity index (χ4n) is 1.14. The topological polar surface area (TPSA) is 59.5 Å². The van der Waals surface area contributed by atoms with Gasteiger partial charge in [-0.15, -0.1) is 0 Å². The van der Waals surface area contributed by atoms with Crippen LogP contribution in [0.2, 0.25) is 0 Å². The number of hydrogen-bond donors (Lipinski definition) is 0. The first-order chi connectivity index (χ1) is 7.18. The Labute approximate surface area is 86.3 Å². The molecule has 0 aromatic carbocycles. The molecule has 0 saturated heterocycles. The lowest BCUT2D eigenvalue weighted by molar-refractivity contribution is 0.0817. The van der Waals surface area contributed by atoms with Crippen LogP contribution in [-0.2, 0) is 0 Å². The summed E-state index contributed by atoms with van der Waals surface area (Å²) in [7, 11) is 3.31. The van der Waals surface area contributed by atoms with Crippen molar-refractivity contribution in [2.24, 2.45) is 0 Å². The fraction of sp³-hybridized carbons (Fsp3) is 0.200. The van der Waals surface area contributed by atoms with Crippen LogP contribution in [0.1, 0.15) is 10.5 Å². The van der Waals surface area contributed by atoms with E-state index in [9.17, 15) is 4.79 Å². The molecule has 2 aromatic rings. The molecule has 2 rings (SSSR count). The van der Waals surface area contributed by atoms with Gasteiger partial charge in [0, 0.05) is 20.2 Å². The molecule has 2 aromatic heterocycles. The van der Waals surface area contributed by atoms with Gasteiger partial charge in [0.2, 0.25) is 5.76 Å². The summed E-state index contributed by atoms with van der Waals surface area (Å²) in [6, 6.07) is 5.04. The first-order valence-electron chi connectivity index (χ1n) is 4.40. The summed E-state index contributed by atoms with van der Waals surface area (Å²) in [5.41, 5.74) is 0.270. The highest BCUT2D eigenvalue weighted by Gasteiger charge is 2.16. The predicted molar refractivity (Wildman–Crippen MR) is 52.2 cm³/mol. The van der Waals surface area contributed by atoms with Gasteiger partial charge in [-0.2, -0.15) is 0 Å². The Balaban J connectivity index is 2.29. The number of nitrogens with zero attached hydrogens (tertiary/aromatic N) is 2. The van der Waals surface area contributed by atoms with Gasteiger partial charge in [-0.05, 0) is 12.1 Å². The van der Waals surface area contributed by atoms with Gasteiger partial charge in [0.15, 0.2) is 11.5 Å². The van der Waals surface area contributed by atoms with Gasteiger partial charge >= 0.3 is 0 Å². The smallest absolute Gasteiger partial charge is 0.275 e. The Morgan fingerprint density at radius 1 is 1.40 bits per heavy atom. The molecular formula is C10H10N2O3. The molecule has 0 fully saturated rings. The first-order valence-corrected chi connectivity index (χ1v) is 4.40. The Morgan fingerprint density at radius 2 is 2.20 bits per heavy atom. The molecule has 1 amide bonds. The molecule has 0 bridgehead atoms. The van der Waals surface area contributed by atoms with E-state index in [-0.39, 0.29) is 11.6 Å². The standard InChI is InChI=1S/C10H10N2O3/c1-12(2)10(13)7-6-9(15-11-7)8-4-3-5-14-8/h3-6H,1-2H3. The zero-order valence-electron chi connectivity index (χ0n) is 8.43. The fourth-order valence-corrected chi connectivity index (χ4v) is 1.14.